The summed E-state index contributed by atoms with van der Waals surface area (Å²) in [4.78, 5) is 13.2. The summed E-state index contributed by atoms with van der Waals surface area (Å²) in [5.41, 5.74) is 4.66. The average molecular weight is 455 g/mol. The highest BCUT2D eigenvalue weighted by molar-refractivity contribution is 7.96. The van der Waals surface area contributed by atoms with Crippen molar-refractivity contribution >= 4 is 11.9 Å². The lowest BCUT2D eigenvalue weighted by molar-refractivity contribution is 0.437. The zero-order valence-electron chi connectivity index (χ0n) is 18.6. The molecule has 2 unspecified atom stereocenters. The Bertz CT molecular complexity index is 1190. The number of hydrogen-bond acceptors (Lipinski definition) is 3. The summed E-state index contributed by atoms with van der Waals surface area (Å²) in [6.07, 6.45) is 6.36. The predicted molar refractivity (Wildman–Crippen MR) is 128 cm³/mol. The molecule has 0 radical (unpaired) electrons. The van der Waals surface area contributed by atoms with Crippen LogP contribution >= 0.6 is 11.9 Å². The number of pyridine rings is 1. The summed E-state index contributed by atoms with van der Waals surface area (Å²) < 4.78 is 33.8. The Morgan fingerprint density at radius 2 is 2.00 bits per heavy atom. The van der Waals surface area contributed by atoms with E-state index in [2.05, 4.69) is 10.8 Å². The van der Waals surface area contributed by atoms with Gasteiger partial charge in [-0.2, -0.15) is 0 Å². The zero-order chi connectivity index (χ0) is 22.8. The average Bonchev–Trinajstić information content (AvgIpc) is 2.78. The lowest BCUT2D eigenvalue weighted by Crippen LogP contribution is -2.40. The molecule has 0 saturated carbocycles. The molecule has 0 fully saturated rings. The van der Waals surface area contributed by atoms with E-state index in [-0.39, 0.29) is 23.1 Å². The first-order chi connectivity index (χ1) is 15.4. The Kier molecular flexibility index (Phi) is 6.82. The molecular formula is C26H28F2N2OS. The lowest BCUT2D eigenvalue weighted by atomic mass is 9.77. The van der Waals surface area contributed by atoms with E-state index in [1.165, 1.54) is 6.07 Å². The summed E-state index contributed by atoms with van der Waals surface area (Å²) in [5.74, 6) is -1.66. The SMILES string of the molecule is CCn1ccc2c(c1=O)C(Cc1cccc(-c3cc(C)cc(F)c3F)c1)C(NSC)CC2. The Morgan fingerprint density at radius 3 is 2.75 bits per heavy atom. The predicted octanol–water partition coefficient (Wildman–Crippen LogP) is 5.63. The Balaban J connectivity index is 1.75. The fourth-order valence-electron chi connectivity index (χ4n) is 4.80. The fourth-order valence-corrected chi connectivity index (χ4v) is 5.38. The maximum atomic E-state index is 14.5. The normalized spacial score (nSPS) is 17.9. The van der Waals surface area contributed by atoms with Crippen molar-refractivity contribution in [3.63, 3.8) is 0 Å². The van der Waals surface area contributed by atoms with Gasteiger partial charge < -0.3 is 4.57 Å². The van der Waals surface area contributed by atoms with Crippen LogP contribution in [0.25, 0.3) is 11.1 Å². The molecule has 1 aliphatic rings. The maximum Gasteiger partial charge on any atom is 0.254 e. The molecular weight excluding hydrogens is 426 g/mol. The third-order valence-electron chi connectivity index (χ3n) is 6.35. The van der Waals surface area contributed by atoms with Gasteiger partial charge in [0, 0.05) is 35.8 Å². The van der Waals surface area contributed by atoms with Gasteiger partial charge in [-0.05, 0) is 79.8 Å². The molecule has 1 aliphatic carbocycles. The third-order valence-corrected chi connectivity index (χ3v) is 6.89. The molecule has 32 heavy (non-hydrogen) atoms. The van der Waals surface area contributed by atoms with Gasteiger partial charge in [-0.3, -0.25) is 9.52 Å². The summed E-state index contributed by atoms with van der Waals surface area (Å²) in [6.45, 7) is 4.36. The van der Waals surface area contributed by atoms with Gasteiger partial charge in [0.1, 0.15) is 0 Å². The van der Waals surface area contributed by atoms with Crippen LogP contribution in [0.1, 0.15) is 41.5 Å². The van der Waals surface area contributed by atoms with Crippen molar-refractivity contribution in [1.82, 2.24) is 9.29 Å². The number of benzene rings is 2. The third kappa shape index (κ3) is 4.39. The van der Waals surface area contributed by atoms with Crippen LogP contribution in [0.5, 0.6) is 0 Å². The molecule has 1 N–H and O–H groups in total. The minimum Gasteiger partial charge on any atom is -0.316 e. The molecule has 0 aliphatic heterocycles. The minimum absolute atomic E-state index is 0.00652. The van der Waals surface area contributed by atoms with Gasteiger partial charge in [-0.15, -0.1) is 0 Å². The van der Waals surface area contributed by atoms with E-state index < -0.39 is 11.6 Å². The standard InChI is InChI=1S/C26H28F2N2OS/c1-4-30-11-10-18-8-9-23(29-32-3)21(24(18)26(30)31)15-17-6-5-7-19(14-17)20-12-16(2)13-22(27)25(20)28/h5-7,10-14,21,23,29H,4,8-9,15H2,1-3H3. The van der Waals surface area contributed by atoms with Crippen molar-refractivity contribution in [3.05, 3.63) is 92.9 Å². The van der Waals surface area contributed by atoms with Gasteiger partial charge in [-0.1, -0.05) is 36.2 Å². The van der Waals surface area contributed by atoms with Gasteiger partial charge in [0.2, 0.25) is 0 Å². The van der Waals surface area contributed by atoms with Crippen molar-refractivity contribution < 1.29 is 8.78 Å². The highest BCUT2D eigenvalue weighted by atomic mass is 32.2. The summed E-state index contributed by atoms with van der Waals surface area (Å²) in [6, 6.07) is 12.7. The topological polar surface area (TPSA) is 34.0 Å². The number of aromatic nitrogens is 1. The van der Waals surface area contributed by atoms with E-state index in [0.717, 1.165) is 29.5 Å². The van der Waals surface area contributed by atoms with Gasteiger partial charge in [-0.25, -0.2) is 8.78 Å². The fraction of sp³-hybridized carbons (Fsp3) is 0.346. The highest BCUT2D eigenvalue weighted by Gasteiger charge is 2.32. The first kappa shape index (κ1) is 22.7. The van der Waals surface area contributed by atoms with Crippen LogP contribution in [0, 0.1) is 18.6 Å². The molecule has 2 aromatic carbocycles. The van der Waals surface area contributed by atoms with Crippen molar-refractivity contribution in [2.45, 2.75) is 51.6 Å². The first-order valence-electron chi connectivity index (χ1n) is 11.0. The Morgan fingerprint density at radius 1 is 1.19 bits per heavy atom. The maximum absolute atomic E-state index is 14.5. The van der Waals surface area contributed by atoms with Crippen molar-refractivity contribution in [2.24, 2.45) is 0 Å². The number of halogens is 2. The molecule has 6 heteroatoms. The summed E-state index contributed by atoms with van der Waals surface area (Å²) in [5, 5.41) is 0. The number of aryl methyl sites for hydroxylation is 3. The van der Waals surface area contributed by atoms with E-state index in [1.807, 2.05) is 37.6 Å². The second-order valence-electron chi connectivity index (χ2n) is 8.43. The lowest BCUT2D eigenvalue weighted by Gasteiger charge is -2.33. The number of nitrogens with zero attached hydrogens (tertiary/aromatic N) is 1. The molecule has 4 rings (SSSR count). The molecule has 2 atom stereocenters. The quantitative estimate of drug-likeness (QED) is 0.490. The number of nitrogens with one attached hydrogen (secondary N) is 1. The molecule has 1 heterocycles. The van der Waals surface area contributed by atoms with Crippen LogP contribution in [0.2, 0.25) is 0 Å². The molecule has 0 spiro atoms. The van der Waals surface area contributed by atoms with E-state index >= 15 is 0 Å². The van der Waals surface area contributed by atoms with Crippen molar-refractivity contribution in [3.8, 4) is 11.1 Å². The van der Waals surface area contributed by atoms with Crippen LogP contribution in [-0.4, -0.2) is 16.9 Å². The van der Waals surface area contributed by atoms with Crippen molar-refractivity contribution in [1.29, 1.82) is 0 Å². The molecule has 0 bridgehead atoms. The smallest absolute Gasteiger partial charge is 0.254 e. The number of fused-ring (bicyclic) bond motifs is 1. The first-order valence-corrected chi connectivity index (χ1v) is 12.2. The number of hydrogen-bond donors (Lipinski definition) is 1. The largest absolute Gasteiger partial charge is 0.316 e. The van der Waals surface area contributed by atoms with Crippen LogP contribution < -0.4 is 10.3 Å². The molecule has 1 aromatic heterocycles. The monoisotopic (exact) mass is 454 g/mol. The second kappa shape index (κ2) is 9.59. The molecule has 3 aromatic rings. The van der Waals surface area contributed by atoms with Crippen LogP contribution in [0.15, 0.2) is 53.5 Å². The molecule has 168 valence electrons. The summed E-state index contributed by atoms with van der Waals surface area (Å²) >= 11 is 1.57. The molecule has 0 amide bonds. The van der Waals surface area contributed by atoms with E-state index in [9.17, 15) is 13.6 Å². The van der Waals surface area contributed by atoms with Crippen LogP contribution in [0.3, 0.4) is 0 Å². The van der Waals surface area contributed by atoms with Gasteiger partial charge in [0.25, 0.3) is 5.56 Å². The van der Waals surface area contributed by atoms with Gasteiger partial charge in [0.05, 0.1) is 0 Å². The van der Waals surface area contributed by atoms with Crippen LogP contribution in [0.4, 0.5) is 8.78 Å². The van der Waals surface area contributed by atoms with Gasteiger partial charge >= 0.3 is 0 Å². The van der Waals surface area contributed by atoms with E-state index in [0.29, 0.717) is 24.1 Å². The zero-order valence-corrected chi connectivity index (χ0v) is 19.4. The van der Waals surface area contributed by atoms with Crippen molar-refractivity contribution in [2.75, 3.05) is 6.26 Å². The molecule has 3 nitrogen and oxygen atoms in total. The Labute approximate surface area is 192 Å². The van der Waals surface area contributed by atoms with Crippen LogP contribution in [-0.2, 0) is 19.4 Å². The highest BCUT2D eigenvalue weighted by Crippen LogP contribution is 2.34. The second-order valence-corrected chi connectivity index (χ2v) is 9.08. The summed E-state index contributed by atoms with van der Waals surface area (Å²) in [7, 11) is 0. The molecule has 0 saturated heterocycles. The minimum atomic E-state index is -0.837. The Hall–Kier alpha value is -2.44. The van der Waals surface area contributed by atoms with E-state index in [1.54, 1.807) is 35.6 Å². The van der Waals surface area contributed by atoms with Gasteiger partial charge in [0.15, 0.2) is 11.6 Å². The number of rotatable bonds is 6. The van der Waals surface area contributed by atoms with E-state index in [4.69, 9.17) is 0 Å².